The molecule has 1 atom stereocenters. The third-order valence-electron chi connectivity index (χ3n) is 3.87. The van der Waals surface area contributed by atoms with E-state index in [1.807, 2.05) is 52.8 Å². The number of hydrogen-bond donors (Lipinski definition) is 0. The van der Waals surface area contributed by atoms with E-state index >= 15 is 0 Å². The summed E-state index contributed by atoms with van der Waals surface area (Å²) in [5, 5.41) is 0. The first-order chi connectivity index (χ1) is 10.6. The van der Waals surface area contributed by atoms with Crippen LogP contribution in [0.3, 0.4) is 0 Å². The van der Waals surface area contributed by atoms with E-state index in [0.29, 0.717) is 6.61 Å². The maximum atomic E-state index is 12.6. The van der Waals surface area contributed by atoms with Crippen molar-refractivity contribution in [2.24, 2.45) is 0 Å². The zero-order valence-electron chi connectivity index (χ0n) is 14.6. The molecule has 0 bridgehead atoms. The van der Waals surface area contributed by atoms with E-state index in [1.165, 1.54) is 5.56 Å². The van der Waals surface area contributed by atoms with E-state index in [2.05, 4.69) is 22.0 Å². The van der Waals surface area contributed by atoms with Crippen LogP contribution in [-0.4, -0.2) is 35.0 Å². The van der Waals surface area contributed by atoms with Crippen LogP contribution in [0.15, 0.2) is 28.7 Å². The van der Waals surface area contributed by atoms with E-state index in [9.17, 15) is 4.79 Å². The van der Waals surface area contributed by atoms with Crippen LogP contribution in [0.1, 0.15) is 46.6 Å². The van der Waals surface area contributed by atoms with Gasteiger partial charge < -0.3 is 9.47 Å². The number of rotatable bonds is 3. The number of ether oxygens (including phenoxy) is 2. The van der Waals surface area contributed by atoms with Crippen LogP contribution in [0.4, 0.5) is 4.79 Å². The molecule has 1 saturated heterocycles. The molecule has 1 fully saturated rings. The van der Waals surface area contributed by atoms with Crippen LogP contribution in [0.5, 0.6) is 0 Å². The van der Waals surface area contributed by atoms with Crippen molar-refractivity contribution < 1.29 is 14.3 Å². The Kier molecular flexibility index (Phi) is 5.41. The molecule has 0 unspecified atom stereocenters. The summed E-state index contributed by atoms with van der Waals surface area (Å²) in [6.07, 6.45) is 1.41. The molecule has 1 aromatic rings. The zero-order chi connectivity index (χ0) is 17.3. The van der Waals surface area contributed by atoms with Gasteiger partial charge in [0.05, 0.1) is 12.6 Å². The Morgan fingerprint density at radius 2 is 2.04 bits per heavy atom. The van der Waals surface area contributed by atoms with Gasteiger partial charge in [-0.1, -0.05) is 34.1 Å². The minimum Gasteiger partial charge on any atom is -0.444 e. The lowest BCUT2D eigenvalue weighted by Crippen LogP contribution is -2.49. The molecule has 2 rings (SSSR count). The molecular weight excluding hydrogens is 358 g/mol. The molecule has 1 heterocycles. The number of carbonyl (C=O) groups is 1. The molecule has 1 aromatic carbocycles. The molecule has 23 heavy (non-hydrogen) atoms. The van der Waals surface area contributed by atoms with Crippen molar-refractivity contribution in [1.82, 2.24) is 4.90 Å². The first-order valence-electron chi connectivity index (χ1n) is 8.00. The second-order valence-corrected chi connectivity index (χ2v) is 8.25. The molecule has 0 spiro atoms. The largest absolute Gasteiger partial charge is 0.444 e. The minimum atomic E-state index is -0.638. The Morgan fingerprint density at radius 3 is 2.65 bits per heavy atom. The fourth-order valence-electron chi connectivity index (χ4n) is 2.80. The Bertz CT molecular complexity index is 566. The fraction of sp³-hybridized carbons (Fsp3) is 0.611. The van der Waals surface area contributed by atoms with Gasteiger partial charge in [0.1, 0.15) is 11.3 Å². The molecule has 0 N–H and O–H groups in total. The topological polar surface area (TPSA) is 38.8 Å². The van der Waals surface area contributed by atoms with E-state index in [-0.39, 0.29) is 12.1 Å². The van der Waals surface area contributed by atoms with Gasteiger partial charge in [0.2, 0.25) is 0 Å². The summed E-state index contributed by atoms with van der Waals surface area (Å²) in [5.41, 5.74) is 0.0882. The number of aryl methyl sites for hydroxylation is 1. The van der Waals surface area contributed by atoms with Gasteiger partial charge in [-0.2, -0.15) is 0 Å². The number of halogens is 1. The Labute approximate surface area is 147 Å². The molecule has 1 amide bonds. The maximum Gasteiger partial charge on any atom is 0.412 e. The Morgan fingerprint density at radius 1 is 1.39 bits per heavy atom. The number of benzene rings is 1. The summed E-state index contributed by atoms with van der Waals surface area (Å²) in [6.45, 7) is 10.0. The molecule has 1 aliphatic rings. The highest BCUT2D eigenvalue weighted by Crippen LogP contribution is 2.32. The van der Waals surface area contributed by atoms with Crippen LogP contribution in [0.2, 0.25) is 0 Å². The van der Waals surface area contributed by atoms with Crippen LogP contribution >= 0.6 is 15.9 Å². The van der Waals surface area contributed by atoms with Gasteiger partial charge in [-0.25, -0.2) is 4.79 Å². The number of carbonyl (C=O) groups excluding carboxylic acids is 1. The van der Waals surface area contributed by atoms with Crippen molar-refractivity contribution in [3.05, 3.63) is 34.3 Å². The molecule has 0 saturated carbocycles. The van der Waals surface area contributed by atoms with E-state index < -0.39 is 11.3 Å². The van der Waals surface area contributed by atoms with E-state index in [4.69, 9.17) is 9.47 Å². The predicted molar refractivity (Wildman–Crippen MR) is 94.4 cm³/mol. The second kappa shape index (κ2) is 6.81. The first-order valence-corrected chi connectivity index (χ1v) is 8.79. The van der Waals surface area contributed by atoms with Gasteiger partial charge in [-0.05, 0) is 59.1 Å². The van der Waals surface area contributed by atoms with Crippen molar-refractivity contribution in [1.29, 1.82) is 0 Å². The molecule has 0 aromatic heterocycles. The van der Waals surface area contributed by atoms with Crippen molar-refractivity contribution in [3.8, 4) is 0 Å². The van der Waals surface area contributed by atoms with Crippen LogP contribution in [-0.2, 0) is 15.9 Å². The third kappa shape index (κ3) is 4.70. The van der Waals surface area contributed by atoms with Crippen LogP contribution in [0, 0.1) is 0 Å². The first kappa shape index (κ1) is 18.3. The smallest absolute Gasteiger partial charge is 0.412 e. The number of nitrogens with zero attached hydrogens (tertiary/aromatic N) is 1. The maximum absolute atomic E-state index is 12.6. The normalized spacial score (nSPS) is 20.6. The van der Waals surface area contributed by atoms with Gasteiger partial charge in [0.15, 0.2) is 0 Å². The second-order valence-electron chi connectivity index (χ2n) is 7.39. The van der Waals surface area contributed by atoms with Gasteiger partial charge in [-0.3, -0.25) is 4.90 Å². The van der Waals surface area contributed by atoms with E-state index in [1.54, 1.807) is 4.90 Å². The van der Waals surface area contributed by atoms with Crippen LogP contribution in [0.25, 0.3) is 0 Å². The monoisotopic (exact) mass is 383 g/mol. The average molecular weight is 384 g/mol. The lowest BCUT2D eigenvalue weighted by atomic mass is 10.0. The lowest BCUT2D eigenvalue weighted by molar-refractivity contribution is -0.0626. The SMILES string of the molecule is CC(C)(C)OC(=O)N1[C@H](CCc2ccccc2Br)COC1(C)C. The highest BCUT2D eigenvalue weighted by atomic mass is 79.9. The third-order valence-corrected chi connectivity index (χ3v) is 4.64. The Hall–Kier alpha value is -1.07. The highest BCUT2D eigenvalue weighted by molar-refractivity contribution is 9.10. The average Bonchev–Trinajstić information content (AvgIpc) is 2.71. The molecule has 0 aliphatic carbocycles. The molecule has 1 aliphatic heterocycles. The van der Waals surface area contributed by atoms with Crippen molar-refractivity contribution >= 4 is 22.0 Å². The summed E-state index contributed by atoms with van der Waals surface area (Å²) < 4.78 is 12.5. The summed E-state index contributed by atoms with van der Waals surface area (Å²) >= 11 is 3.58. The van der Waals surface area contributed by atoms with Gasteiger partial charge >= 0.3 is 6.09 Å². The molecular formula is C18H26BrNO3. The lowest BCUT2D eigenvalue weighted by Gasteiger charge is -2.35. The minimum absolute atomic E-state index is 0.0203. The van der Waals surface area contributed by atoms with Crippen molar-refractivity contribution in [2.45, 2.75) is 64.8 Å². The fourth-order valence-corrected chi connectivity index (χ4v) is 3.28. The number of amides is 1. The zero-order valence-corrected chi connectivity index (χ0v) is 16.1. The molecule has 4 nitrogen and oxygen atoms in total. The highest BCUT2D eigenvalue weighted by Gasteiger charge is 2.45. The van der Waals surface area contributed by atoms with Crippen molar-refractivity contribution in [2.75, 3.05) is 6.61 Å². The quantitative estimate of drug-likeness (QED) is 0.755. The van der Waals surface area contributed by atoms with Crippen LogP contribution < -0.4 is 0 Å². The predicted octanol–water partition coefficient (Wildman–Crippen LogP) is 4.75. The molecule has 128 valence electrons. The summed E-state index contributed by atoms with van der Waals surface area (Å²) in [4.78, 5) is 14.3. The van der Waals surface area contributed by atoms with Gasteiger partial charge in [-0.15, -0.1) is 0 Å². The summed E-state index contributed by atoms with van der Waals surface area (Å²) in [5.74, 6) is 0. The summed E-state index contributed by atoms with van der Waals surface area (Å²) in [7, 11) is 0. The van der Waals surface area contributed by atoms with Crippen molar-refractivity contribution in [3.63, 3.8) is 0 Å². The summed E-state index contributed by atoms with van der Waals surface area (Å²) in [6, 6.07) is 8.19. The van der Waals surface area contributed by atoms with E-state index in [0.717, 1.165) is 17.3 Å². The molecule has 5 heteroatoms. The van der Waals surface area contributed by atoms with Gasteiger partial charge in [0, 0.05) is 4.47 Å². The molecule has 0 radical (unpaired) electrons. The number of hydrogen-bond acceptors (Lipinski definition) is 3. The van der Waals surface area contributed by atoms with Gasteiger partial charge in [0.25, 0.3) is 0 Å². The Balaban J connectivity index is 2.08. The standard InChI is InChI=1S/C18H26BrNO3/c1-17(2,3)23-16(21)20-14(12-22-18(20,4)5)11-10-13-8-6-7-9-15(13)19/h6-9,14H,10-12H2,1-5H3/t14-/m1/s1.